The van der Waals surface area contributed by atoms with Crippen molar-refractivity contribution in [2.24, 2.45) is 16.3 Å². The van der Waals surface area contributed by atoms with E-state index in [0.29, 0.717) is 0 Å². The molecule has 0 saturated carbocycles. The van der Waals surface area contributed by atoms with Gasteiger partial charge in [-0.2, -0.15) is 8.42 Å². The molecule has 5 N–H and O–H groups in total. The summed E-state index contributed by atoms with van der Waals surface area (Å²) in [6, 6.07) is -0.196. The summed E-state index contributed by atoms with van der Waals surface area (Å²) >= 11 is 0. The summed E-state index contributed by atoms with van der Waals surface area (Å²) in [6.07, 6.45) is 0.746. The standard InChI is InChI=1S/C7H19N3O2S/c1-7(2,3)4-6(8)5-10-13(9,11)12/h6,10H,4-5,8H2,1-3H3,(H2,9,11,12). The summed E-state index contributed by atoms with van der Waals surface area (Å²) < 4.78 is 23.2. The molecule has 0 fully saturated rings. The molecule has 0 aliphatic carbocycles. The fraction of sp³-hybridized carbons (Fsp3) is 1.00. The third-order valence-electron chi connectivity index (χ3n) is 1.42. The largest absolute Gasteiger partial charge is 0.326 e. The van der Waals surface area contributed by atoms with Crippen molar-refractivity contribution in [2.75, 3.05) is 6.54 Å². The van der Waals surface area contributed by atoms with Crippen LogP contribution in [0.15, 0.2) is 0 Å². The first kappa shape index (κ1) is 12.8. The Kier molecular flexibility index (Phi) is 4.31. The maximum Gasteiger partial charge on any atom is 0.274 e. The van der Waals surface area contributed by atoms with E-state index in [1.54, 1.807) is 0 Å². The van der Waals surface area contributed by atoms with Gasteiger partial charge in [-0.25, -0.2) is 9.86 Å². The van der Waals surface area contributed by atoms with Crippen molar-refractivity contribution in [3.8, 4) is 0 Å². The molecule has 0 rings (SSSR count). The van der Waals surface area contributed by atoms with E-state index in [1.165, 1.54) is 0 Å². The van der Waals surface area contributed by atoms with Crippen molar-refractivity contribution in [2.45, 2.75) is 33.2 Å². The van der Waals surface area contributed by atoms with Crippen LogP contribution in [0, 0.1) is 5.41 Å². The van der Waals surface area contributed by atoms with Crippen LogP contribution in [-0.4, -0.2) is 21.0 Å². The minimum absolute atomic E-state index is 0.0967. The van der Waals surface area contributed by atoms with Crippen molar-refractivity contribution >= 4 is 10.2 Å². The van der Waals surface area contributed by atoms with E-state index in [2.05, 4.69) is 4.72 Å². The van der Waals surface area contributed by atoms with Gasteiger partial charge in [0.1, 0.15) is 0 Å². The van der Waals surface area contributed by atoms with E-state index in [-0.39, 0.29) is 18.0 Å². The van der Waals surface area contributed by atoms with Crippen LogP contribution in [0.5, 0.6) is 0 Å². The molecule has 6 heteroatoms. The molecule has 0 aliphatic rings. The molecular weight excluding hydrogens is 190 g/mol. The Bertz CT molecular complexity index is 243. The quantitative estimate of drug-likeness (QED) is 0.584. The molecule has 0 radical (unpaired) electrons. The summed E-state index contributed by atoms with van der Waals surface area (Å²) in [4.78, 5) is 0. The molecule has 0 aromatic rings. The van der Waals surface area contributed by atoms with E-state index in [0.717, 1.165) is 6.42 Å². The topological polar surface area (TPSA) is 98.2 Å². The van der Waals surface area contributed by atoms with Gasteiger partial charge in [0.25, 0.3) is 10.2 Å². The highest BCUT2D eigenvalue weighted by Gasteiger charge is 2.16. The lowest BCUT2D eigenvalue weighted by atomic mass is 9.88. The molecule has 0 saturated heterocycles. The summed E-state index contributed by atoms with van der Waals surface area (Å²) in [7, 11) is -3.60. The number of nitrogens with two attached hydrogens (primary N) is 2. The van der Waals surface area contributed by atoms with Gasteiger partial charge >= 0.3 is 0 Å². The van der Waals surface area contributed by atoms with Crippen LogP contribution < -0.4 is 15.6 Å². The maximum atomic E-state index is 10.5. The van der Waals surface area contributed by atoms with Crippen molar-refractivity contribution in [1.29, 1.82) is 0 Å². The molecule has 0 aromatic heterocycles. The minimum atomic E-state index is -3.60. The third kappa shape index (κ3) is 9.75. The number of rotatable bonds is 4. The van der Waals surface area contributed by atoms with Gasteiger partial charge < -0.3 is 5.73 Å². The van der Waals surface area contributed by atoms with E-state index in [1.807, 2.05) is 20.8 Å². The third-order valence-corrected chi connectivity index (χ3v) is 1.99. The monoisotopic (exact) mass is 209 g/mol. The van der Waals surface area contributed by atoms with Gasteiger partial charge in [-0.1, -0.05) is 20.8 Å². The van der Waals surface area contributed by atoms with Gasteiger partial charge in [0.05, 0.1) is 0 Å². The average molecular weight is 209 g/mol. The Morgan fingerprint density at radius 3 is 2.15 bits per heavy atom. The molecule has 0 aliphatic heterocycles. The fourth-order valence-corrected chi connectivity index (χ4v) is 1.53. The van der Waals surface area contributed by atoms with Crippen LogP contribution in [0.25, 0.3) is 0 Å². The average Bonchev–Trinajstić information content (AvgIpc) is 1.78. The normalized spacial score (nSPS) is 15.8. The van der Waals surface area contributed by atoms with E-state index in [9.17, 15) is 8.42 Å². The smallest absolute Gasteiger partial charge is 0.274 e. The summed E-state index contributed by atoms with van der Waals surface area (Å²) in [5, 5.41) is 4.75. The molecule has 0 bridgehead atoms. The van der Waals surface area contributed by atoms with Gasteiger partial charge in [0.2, 0.25) is 0 Å². The Morgan fingerprint density at radius 2 is 1.85 bits per heavy atom. The van der Waals surface area contributed by atoms with Crippen LogP contribution in [-0.2, 0) is 10.2 Å². The highest BCUT2D eigenvalue weighted by Crippen LogP contribution is 2.19. The molecule has 0 aromatic carbocycles. The molecule has 5 nitrogen and oxygen atoms in total. The second kappa shape index (κ2) is 4.36. The van der Waals surface area contributed by atoms with Crippen LogP contribution in [0.3, 0.4) is 0 Å². The highest BCUT2D eigenvalue weighted by molar-refractivity contribution is 7.87. The van der Waals surface area contributed by atoms with E-state index in [4.69, 9.17) is 10.9 Å². The van der Waals surface area contributed by atoms with Crippen LogP contribution >= 0.6 is 0 Å². The zero-order valence-corrected chi connectivity index (χ0v) is 9.19. The Labute approximate surface area is 80.1 Å². The molecule has 0 amide bonds. The van der Waals surface area contributed by atoms with Gasteiger partial charge in [-0.3, -0.25) is 0 Å². The highest BCUT2D eigenvalue weighted by atomic mass is 32.2. The predicted molar refractivity (Wildman–Crippen MR) is 53.2 cm³/mol. The van der Waals surface area contributed by atoms with Gasteiger partial charge in [0, 0.05) is 12.6 Å². The molecule has 13 heavy (non-hydrogen) atoms. The van der Waals surface area contributed by atoms with Gasteiger partial charge in [-0.15, -0.1) is 0 Å². The molecule has 80 valence electrons. The second-order valence-electron chi connectivity index (χ2n) is 4.42. The molecule has 0 heterocycles. The summed E-state index contributed by atoms with van der Waals surface area (Å²) in [5.41, 5.74) is 5.78. The molecule has 1 unspecified atom stereocenters. The van der Waals surface area contributed by atoms with E-state index < -0.39 is 10.2 Å². The molecule has 0 spiro atoms. The summed E-state index contributed by atoms with van der Waals surface area (Å²) in [5.74, 6) is 0. The minimum Gasteiger partial charge on any atom is -0.326 e. The second-order valence-corrected chi connectivity index (χ2v) is 5.80. The van der Waals surface area contributed by atoms with Crippen LogP contribution in [0.4, 0.5) is 0 Å². The first-order valence-corrected chi connectivity index (χ1v) is 5.68. The molecular formula is C7H19N3O2S. The van der Waals surface area contributed by atoms with E-state index >= 15 is 0 Å². The number of nitrogens with one attached hydrogen (secondary N) is 1. The lowest BCUT2D eigenvalue weighted by Gasteiger charge is -2.22. The van der Waals surface area contributed by atoms with Crippen molar-refractivity contribution in [3.05, 3.63) is 0 Å². The zero-order valence-electron chi connectivity index (χ0n) is 8.37. The maximum absolute atomic E-state index is 10.5. The summed E-state index contributed by atoms with van der Waals surface area (Å²) in [6.45, 7) is 6.33. The number of hydrogen-bond acceptors (Lipinski definition) is 3. The zero-order chi connectivity index (χ0) is 10.7. The number of hydrogen-bond donors (Lipinski definition) is 3. The Morgan fingerprint density at radius 1 is 1.38 bits per heavy atom. The predicted octanol–water partition coefficient (Wildman–Crippen LogP) is -0.457. The van der Waals surface area contributed by atoms with Crippen LogP contribution in [0.2, 0.25) is 0 Å². The Hall–Kier alpha value is -0.170. The van der Waals surface area contributed by atoms with Gasteiger partial charge in [0.15, 0.2) is 0 Å². The molecule has 1 atom stereocenters. The van der Waals surface area contributed by atoms with Gasteiger partial charge in [-0.05, 0) is 11.8 Å². The SMILES string of the molecule is CC(C)(C)CC(N)CNS(N)(=O)=O. The lowest BCUT2D eigenvalue weighted by molar-refractivity contribution is 0.338. The fourth-order valence-electron chi connectivity index (χ4n) is 1.08. The van der Waals surface area contributed by atoms with Crippen molar-refractivity contribution in [1.82, 2.24) is 4.72 Å². The van der Waals surface area contributed by atoms with Crippen LogP contribution in [0.1, 0.15) is 27.2 Å². The van der Waals surface area contributed by atoms with Crippen molar-refractivity contribution in [3.63, 3.8) is 0 Å². The first-order chi connectivity index (χ1) is 5.60. The lowest BCUT2D eigenvalue weighted by Crippen LogP contribution is -2.41. The Balaban J connectivity index is 3.84. The first-order valence-electron chi connectivity index (χ1n) is 4.13. The van der Waals surface area contributed by atoms with Crippen molar-refractivity contribution < 1.29 is 8.42 Å².